The maximum atomic E-state index is 11.1. The number of nitrogens with one attached hydrogen (secondary N) is 2. The summed E-state index contributed by atoms with van der Waals surface area (Å²) in [6.45, 7) is 0.642. The third kappa shape index (κ3) is 5.27. The number of methoxy groups -OCH3 is 2. The first-order valence-corrected chi connectivity index (χ1v) is 9.06. The van der Waals surface area contributed by atoms with Crippen molar-refractivity contribution >= 4 is 21.7 Å². The Morgan fingerprint density at radius 1 is 1.00 bits per heavy atom. The zero-order valence-electron chi connectivity index (χ0n) is 13.7. The molecule has 9 heteroatoms. The molecule has 1 aromatic carbocycles. The van der Waals surface area contributed by atoms with Crippen LogP contribution in [0.5, 0.6) is 11.5 Å². The van der Waals surface area contributed by atoms with Crippen molar-refractivity contribution in [3.63, 3.8) is 0 Å². The predicted octanol–water partition coefficient (Wildman–Crippen LogP) is 1.52. The van der Waals surface area contributed by atoms with Crippen LogP contribution in [0.4, 0.5) is 11.6 Å². The molecule has 2 aromatic rings. The molecule has 8 nitrogen and oxygen atoms in total. The lowest BCUT2D eigenvalue weighted by atomic mass is 10.1. The first kappa shape index (κ1) is 17.8. The van der Waals surface area contributed by atoms with E-state index in [1.807, 2.05) is 18.2 Å². The molecule has 2 N–H and O–H groups in total. The normalized spacial score (nSPS) is 11.0. The molecule has 24 heavy (non-hydrogen) atoms. The molecular weight excluding hydrogens is 332 g/mol. The summed E-state index contributed by atoms with van der Waals surface area (Å²) in [5.74, 6) is 2.12. The molecule has 0 atom stereocenters. The average Bonchev–Trinajstić information content (AvgIpc) is 2.55. The minimum atomic E-state index is -3.35. The third-order valence-electron chi connectivity index (χ3n) is 3.12. The summed E-state index contributed by atoms with van der Waals surface area (Å²) in [4.78, 5) is 0. The monoisotopic (exact) mass is 352 g/mol. The molecule has 0 radical (unpaired) electrons. The number of sulfonamides is 1. The maximum absolute atomic E-state index is 11.1. The Bertz CT molecular complexity index is 779. The van der Waals surface area contributed by atoms with E-state index in [0.29, 0.717) is 23.9 Å². The van der Waals surface area contributed by atoms with Gasteiger partial charge in [-0.25, -0.2) is 8.42 Å². The fourth-order valence-corrected chi connectivity index (χ4v) is 2.53. The minimum absolute atomic E-state index is 0.183. The molecule has 0 fully saturated rings. The number of hydrogen-bond donors (Lipinski definition) is 2. The predicted molar refractivity (Wildman–Crippen MR) is 92.2 cm³/mol. The van der Waals surface area contributed by atoms with E-state index in [4.69, 9.17) is 9.47 Å². The van der Waals surface area contributed by atoms with Crippen LogP contribution in [-0.4, -0.2) is 45.6 Å². The molecule has 0 aliphatic rings. The Kier molecular flexibility index (Phi) is 5.80. The second-order valence-electron chi connectivity index (χ2n) is 5.04. The molecule has 0 saturated carbocycles. The van der Waals surface area contributed by atoms with Crippen LogP contribution in [0, 0.1) is 0 Å². The van der Waals surface area contributed by atoms with Crippen LogP contribution in [0.3, 0.4) is 0 Å². The molecule has 1 aromatic heterocycles. The second kappa shape index (κ2) is 7.82. The summed E-state index contributed by atoms with van der Waals surface area (Å²) in [7, 11) is -0.154. The smallest absolute Gasteiger partial charge is 0.231 e. The van der Waals surface area contributed by atoms with Crippen molar-refractivity contribution in [2.45, 2.75) is 6.42 Å². The van der Waals surface area contributed by atoms with Crippen molar-refractivity contribution in [1.82, 2.24) is 10.2 Å². The van der Waals surface area contributed by atoms with E-state index in [-0.39, 0.29) is 5.82 Å². The van der Waals surface area contributed by atoms with Crippen molar-refractivity contribution in [2.24, 2.45) is 0 Å². The number of aromatic nitrogens is 2. The number of benzene rings is 1. The first-order chi connectivity index (χ1) is 11.4. The van der Waals surface area contributed by atoms with Gasteiger partial charge in [0.05, 0.1) is 20.5 Å². The summed E-state index contributed by atoms with van der Waals surface area (Å²) < 4.78 is 34.9. The largest absolute Gasteiger partial charge is 0.493 e. The van der Waals surface area contributed by atoms with Gasteiger partial charge >= 0.3 is 0 Å². The summed E-state index contributed by atoms with van der Waals surface area (Å²) in [6.07, 6.45) is 1.81. The molecule has 0 unspecified atom stereocenters. The van der Waals surface area contributed by atoms with Crippen molar-refractivity contribution in [1.29, 1.82) is 0 Å². The number of rotatable bonds is 8. The van der Waals surface area contributed by atoms with Crippen LogP contribution in [0.15, 0.2) is 30.3 Å². The van der Waals surface area contributed by atoms with Gasteiger partial charge in [0.1, 0.15) is 5.82 Å². The number of hydrogen-bond acceptors (Lipinski definition) is 7. The van der Waals surface area contributed by atoms with Crippen LogP contribution in [-0.2, 0) is 16.4 Å². The molecule has 0 amide bonds. The Hall–Kier alpha value is -2.55. The van der Waals surface area contributed by atoms with E-state index in [1.165, 1.54) is 0 Å². The summed E-state index contributed by atoms with van der Waals surface area (Å²) in [5, 5.41) is 10.8. The van der Waals surface area contributed by atoms with Crippen molar-refractivity contribution in [3.05, 3.63) is 35.9 Å². The molecule has 0 bridgehead atoms. The van der Waals surface area contributed by atoms with Crippen molar-refractivity contribution < 1.29 is 17.9 Å². The molecule has 2 rings (SSSR count). The summed E-state index contributed by atoms with van der Waals surface area (Å²) >= 11 is 0. The van der Waals surface area contributed by atoms with Gasteiger partial charge in [-0.1, -0.05) is 6.07 Å². The minimum Gasteiger partial charge on any atom is -0.493 e. The van der Waals surface area contributed by atoms with E-state index in [1.54, 1.807) is 26.4 Å². The number of anilines is 2. The second-order valence-corrected chi connectivity index (χ2v) is 6.79. The van der Waals surface area contributed by atoms with Crippen LogP contribution in [0.1, 0.15) is 5.56 Å². The third-order valence-corrected chi connectivity index (χ3v) is 3.70. The quantitative estimate of drug-likeness (QED) is 0.742. The van der Waals surface area contributed by atoms with E-state index in [0.717, 1.165) is 18.2 Å². The Labute approximate surface area is 141 Å². The highest BCUT2D eigenvalue weighted by atomic mass is 32.2. The topological polar surface area (TPSA) is 102 Å². The molecule has 0 saturated heterocycles. The van der Waals surface area contributed by atoms with Gasteiger partial charge in [0.25, 0.3) is 0 Å². The van der Waals surface area contributed by atoms with Crippen LogP contribution in [0.25, 0.3) is 0 Å². The Morgan fingerprint density at radius 3 is 2.25 bits per heavy atom. The molecule has 0 aliphatic heterocycles. The van der Waals surface area contributed by atoms with Gasteiger partial charge in [0.2, 0.25) is 10.0 Å². The molecule has 130 valence electrons. The lowest BCUT2D eigenvalue weighted by molar-refractivity contribution is 0.354. The van der Waals surface area contributed by atoms with Gasteiger partial charge < -0.3 is 14.8 Å². The van der Waals surface area contributed by atoms with E-state index in [2.05, 4.69) is 20.2 Å². The lowest BCUT2D eigenvalue weighted by Gasteiger charge is -2.10. The fraction of sp³-hybridized carbons (Fsp3) is 0.333. The number of nitrogens with zero attached hydrogens (tertiary/aromatic N) is 2. The van der Waals surface area contributed by atoms with Gasteiger partial charge in [-0.15, -0.1) is 10.2 Å². The van der Waals surface area contributed by atoms with Gasteiger partial charge in [0.15, 0.2) is 17.3 Å². The van der Waals surface area contributed by atoms with Crippen LogP contribution < -0.4 is 19.5 Å². The molecule has 1 heterocycles. The van der Waals surface area contributed by atoms with E-state index < -0.39 is 10.0 Å². The van der Waals surface area contributed by atoms with E-state index >= 15 is 0 Å². The maximum Gasteiger partial charge on any atom is 0.231 e. The Morgan fingerprint density at radius 2 is 1.67 bits per heavy atom. The highest BCUT2D eigenvalue weighted by Gasteiger charge is 2.06. The molecule has 0 aliphatic carbocycles. The number of ether oxygens (including phenoxy) is 2. The van der Waals surface area contributed by atoms with Crippen molar-refractivity contribution in [2.75, 3.05) is 37.1 Å². The van der Waals surface area contributed by atoms with Gasteiger partial charge in [-0.05, 0) is 36.2 Å². The highest BCUT2D eigenvalue weighted by molar-refractivity contribution is 7.92. The molecule has 0 spiro atoms. The zero-order chi connectivity index (χ0) is 17.6. The van der Waals surface area contributed by atoms with Crippen LogP contribution in [0.2, 0.25) is 0 Å². The standard InChI is InChI=1S/C15H20N4O4S/c1-22-12-5-4-11(10-13(12)23-2)8-9-16-14-6-7-15(18-17-14)19-24(3,20)21/h4-7,10H,8-9H2,1-3H3,(H,16,17)(H,18,19). The Balaban J connectivity index is 1.90. The van der Waals surface area contributed by atoms with Gasteiger partial charge in [0, 0.05) is 6.54 Å². The SMILES string of the molecule is COc1ccc(CCNc2ccc(NS(C)(=O)=O)nn2)cc1OC. The lowest BCUT2D eigenvalue weighted by Crippen LogP contribution is -2.12. The highest BCUT2D eigenvalue weighted by Crippen LogP contribution is 2.27. The van der Waals surface area contributed by atoms with Gasteiger partial charge in [-0.3, -0.25) is 4.72 Å². The zero-order valence-corrected chi connectivity index (χ0v) is 14.6. The molecular formula is C15H20N4O4S. The van der Waals surface area contributed by atoms with E-state index in [9.17, 15) is 8.42 Å². The van der Waals surface area contributed by atoms with Gasteiger partial charge in [-0.2, -0.15) is 0 Å². The average molecular weight is 352 g/mol. The van der Waals surface area contributed by atoms with Crippen LogP contribution >= 0.6 is 0 Å². The summed E-state index contributed by atoms with van der Waals surface area (Å²) in [6, 6.07) is 8.96. The summed E-state index contributed by atoms with van der Waals surface area (Å²) in [5.41, 5.74) is 1.09. The fourth-order valence-electron chi connectivity index (χ4n) is 2.04. The van der Waals surface area contributed by atoms with Crippen molar-refractivity contribution in [3.8, 4) is 11.5 Å². The first-order valence-electron chi connectivity index (χ1n) is 7.17.